The Morgan fingerprint density at radius 1 is 0.917 bits per heavy atom. The molecule has 0 unspecified atom stereocenters. The number of aromatic hydroxyl groups is 3. The van der Waals surface area contributed by atoms with Gasteiger partial charge in [0.1, 0.15) is 22.8 Å². The second kappa shape index (κ2) is 4.72. The molecule has 3 rings (SSSR count). The lowest BCUT2D eigenvalue weighted by Gasteiger charge is -2.25. The van der Waals surface area contributed by atoms with E-state index in [-0.39, 0.29) is 16.7 Å². The van der Waals surface area contributed by atoms with Gasteiger partial charge < -0.3 is 25.5 Å². The molecule has 2 aromatic rings. The van der Waals surface area contributed by atoms with Crippen LogP contribution in [-0.4, -0.2) is 38.0 Å². The molecule has 2 aromatic carbocycles. The van der Waals surface area contributed by atoms with Crippen molar-refractivity contribution < 1.29 is 39.9 Å². The van der Waals surface area contributed by atoms with Crippen molar-refractivity contribution in [2.45, 2.75) is 6.92 Å². The Hall–Kier alpha value is -3.55. The lowest BCUT2D eigenvalue weighted by molar-refractivity contribution is -0.270. The molecule has 0 radical (unpaired) electrons. The van der Waals surface area contributed by atoms with Crippen molar-refractivity contribution in [2.24, 2.45) is 0 Å². The number of carboxylic acid groups (broad SMARTS) is 1. The standard InChI is InChI=1S/C16H10O8/c1-4-9-5(2-6(17)10(4)16(23)24)13(20)12-11(15(9)22)7(18)3-8(19)14(12)21/h2-3,17-19,21H,1H3,(H,23,24)/p-1. The SMILES string of the molecule is Cc1c(C(=O)O)c(O)cc2c1C(=O)c1c(O)cc(O)c([O-])c1C2=O. The summed E-state index contributed by atoms with van der Waals surface area (Å²) in [7, 11) is 0. The smallest absolute Gasteiger partial charge is 0.339 e. The number of fused-ring (bicyclic) bond motifs is 2. The van der Waals surface area contributed by atoms with E-state index in [1.807, 2.05) is 0 Å². The van der Waals surface area contributed by atoms with Gasteiger partial charge >= 0.3 is 5.97 Å². The zero-order valence-corrected chi connectivity index (χ0v) is 12.1. The monoisotopic (exact) mass is 329 g/mol. The first-order valence-corrected chi connectivity index (χ1v) is 6.62. The molecule has 0 saturated heterocycles. The summed E-state index contributed by atoms with van der Waals surface area (Å²) in [6, 6.07) is 1.43. The number of hydrogen-bond donors (Lipinski definition) is 4. The van der Waals surface area contributed by atoms with Crippen LogP contribution in [-0.2, 0) is 0 Å². The minimum Gasteiger partial charge on any atom is -0.869 e. The average Bonchev–Trinajstić information content (AvgIpc) is 2.47. The Labute approximate surface area is 133 Å². The van der Waals surface area contributed by atoms with Crippen LogP contribution in [0.1, 0.15) is 47.8 Å². The first-order valence-electron chi connectivity index (χ1n) is 6.62. The molecule has 0 heterocycles. The number of aromatic carboxylic acids is 1. The van der Waals surface area contributed by atoms with Crippen molar-refractivity contribution in [3.8, 4) is 23.0 Å². The lowest BCUT2D eigenvalue weighted by atomic mass is 9.79. The van der Waals surface area contributed by atoms with Crippen LogP contribution in [0.3, 0.4) is 0 Å². The van der Waals surface area contributed by atoms with Crippen molar-refractivity contribution in [3.05, 3.63) is 45.5 Å². The molecule has 1 aliphatic carbocycles. The summed E-state index contributed by atoms with van der Waals surface area (Å²) in [5, 5.41) is 50.3. The fourth-order valence-corrected chi connectivity index (χ4v) is 2.88. The van der Waals surface area contributed by atoms with Crippen LogP contribution >= 0.6 is 0 Å². The molecule has 0 aromatic heterocycles. The van der Waals surface area contributed by atoms with E-state index < -0.39 is 57.2 Å². The summed E-state index contributed by atoms with van der Waals surface area (Å²) >= 11 is 0. The Morgan fingerprint density at radius 3 is 2.12 bits per heavy atom. The van der Waals surface area contributed by atoms with E-state index in [1.54, 1.807) is 0 Å². The number of hydrogen-bond acceptors (Lipinski definition) is 7. The topological polar surface area (TPSA) is 155 Å². The number of phenolic OH excluding ortho intramolecular Hbond substituents is 2. The number of carbonyl (C=O) groups excluding carboxylic acids is 2. The van der Waals surface area contributed by atoms with Crippen LogP contribution in [0.15, 0.2) is 12.1 Å². The van der Waals surface area contributed by atoms with E-state index >= 15 is 0 Å². The molecule has 0 spiro atoms. The van der Waals surface area contributed by atoms with E-state index in [1.165, 1.54) is 6.92 Å². The molecule has 24 heavy (non-hydrogen) atoms. The van der Waals surface area contributed by atoms with Gasteiger partial charge in [0, 0.05) is 22.8 Å². The van der Waals surface area contributed by atoms with Gasteiger partial charge in [-0.05, 0) is 18.6 Å². The van der Waals surface area contributed by atoms with Gasteiger partial charge in [0.2, 0.25) is 0 Å². The second-order valence-corrected chi connectivity index (χ2v) is 5.28. The van der Waals surface area contributed by atoms with Crippen molar-refractivity contribution in [1.29, 1.82) is 0 Å². The van der Waals surface area contributed by atoms with Crippen LogP contribution in [0, 0.1) is 6.92 Å². The highest BCUT2D eigenvalue weighted by atomic mass is 16.4. The first kappa shape index (κ1) is 15.3. The van der Waals surface area contributed by atoms with Gasteiger partial charge in [-0.3, -0.25) is 9.59 Å². The van der Waals surface area contributed by atoms with Crippen molar-refractivity contribution >= 4 is 17.5 Å². The highest BCUT2D eigenvalue weighted by Crippen LogP contribution is 2.43. The molecular formula is C16H9O8-. The summed E-state index contributed by atoms with van der Waals surface area (Å²) in [5.41, 5.74) is -2.72. The molecule has 0 atom stereocenters. The van der Waals surface area contributed by atoms with Crippen molar-refractivity contribution in [2.75, 3.05) is 0 Å². The molecule has 0 bridgehead atoms. The molecule has 0 fully saturated rings. The maximum Gasteiger partial charge on any atom is 0.339 e. The molecule has 1 aliphatic rings. The lowest BCUT2D eigenvalue weighted by Crippen LogP contribution is -2.25. The maximum absolute atomic E-state index is 12.6. The van der Waals surface area contributed by atoms with Gasteiger partial charge in [0.25, 0.3) is 0 Å². The molecular weight excluding hydrogens is 320 g/mol. The first-order chi connectivity index (χ1) is 11.2. The summed E-state index contributed by atoms with van der Waals surface area (Å²) in [6.45, 7) is 1.23. The Balaban J connectivity index is 2.45. The molecule has 0 saturated carbocycles. The Bertz CT molecular complexity index is 971. The quantitative estimate of drug-likeness (QED) is 0.507. The van der Waals surface area contributed by atoms with Gasteiger partial charge in [-0.25, -0.2) is 4.79 Å². The van der Waals surface area contributed by atoms with Crippen molar-refractivity contribution in [1.82, 2.24) is 0 Å². The van der Waals surface area contributed by atoms with E-state index in [4.69, 9.17) is 5.11 Å². The minimum absolute atomic E-state index is 0.165. The minimum atomic E-state index is -1.50. The molecule has 4 N–H and O–H groups in total. The van der Waals surface area contributed by atoms with Gasteiger partial charge in [-0.15, -0.1) is 0 Å². The molecule has 8 nitrogen and oxygen atoms in total. The number of benzene rings is 2. The molecule has 0 aliphatic heterocycles. The van der Waals surface area contributed by atoms with E-state index in [0.29, 0.717) is 6.07 Å². The van der Waals surface area contributed by atoms with Crippen LogP contribution in [0.5, 0.6) is 23.0 Å². The van der Waals surface area contributed by atoms with Crippen LogP contribution < -0.4 is 5.11 Å². The third-order valence-corrected chi connectivity index (χ3v) is 3.94. The third-order valence-electron chi connectivity index (χ3n) is 3.94. The van der Waals surface area contributed by atoms with E-state index in [9.17, 15) is 34.8 Å². The Kier molecular flexibility index (Phi) is 3.02. The van der Waals surface area contributed by atoms with Crippen LogP contribution in [0.2, 0.25) is 0 Å². The number of carboxylic acids is 1. The second-order valence-electron chi connectivity index (χ2n) is 5.28. The summed E-state index contributed by atoms with van der Waals surface area (Å²) in [5.74, 6) is -6.97. The van der Waals surface area contributed by atoms with Gasteiger partial charge in [-0.2, -0.15) is 0 Å². The predicted octanol–water partition coefficient (Wildman–Crippen LogP) is 0.659. The summed E-state index contributed by atoms with van der Waals surface area (Å²) in [4.78, 5) is 36.4. The Morgan fingerprint density at radius 2 is 1.54 bits per heavy atom. The number of carbonyl (C=O) groups is 3. The van der Waals surface area contributed by atoms with Crippen molar-refractivity contribution in [3.63, 3.8) is 0 Å². The largest absolute Gasteiger partial charge is 0.869 e. The number of ketones is 2. The fraction of sp³-hybridized carbons (Fsp3) is 0.0625. The number of phenols is 3. The van der Waals surface area contributed by atoms with Crippen LogP contribution in [0.25, 0.3) is 0 Å². The maximum atomic E-state index is 12.6. The van der Waals surface area contributed by atoms with Gasteiger partial charge in [0.15, 0.2) is 11.6 Å². The van der Waals surface area contributed by atoms with E-state index in [0.717, 1.165) is 6.07 Å². The highest BCUT2D eigenvalue weighted by Gasteiger charge is 2.37. The molecule has 0 amide bonds. The summed E-state index contributed by atoms with van der Waals surface area (Å²) < 4.78 is 0. The van der Waals surface area contributed by atoms with Gasteiger partial charge in [0.05, 0.1) is 5.56 Å². The molecule has 8 heteroatoms. The normalized spacial score (nSPS) is 12.7. The highest BCUT2D eigenvalue weighted by molar-refractivity contribution is 6.31. The average molecular weight is 329 g/mol. The third kappa shape index (κ3) is 1.76. The predicted molar refractivity (Wildman–Crippen MR) is 75.9 cm³/mol. The van der Waals surface area contributed by atoms with Crippen LogP contribution in [0.4, 0.5) is 0 Å². The fourth-order valence-electron chi connectivity index (χ4n) is 2.88. The number of rotatable bonds is 1. The molecule has 122 valence electrons. The summed E-state index contributed by atoms with van der Waals surface area (Å²) in [6.07, 6.45) is 0. The van der Waals surface area contributed by atoms with E-state index in [2.05, 4.69) is 0 Å². The van der Waals surface area contributed by atoms with Gasteiger partial charge in [-0.1, -0.05) is 5.75 Å². The zero-order valence-electron chi connectivity index (χ0n) is 12.1. The zero-order chi connectivity index (χ0) is 17.9.